The number of hydrogen-bond acceptors (Lipinski definition) is 2. The quantitative estimate of drug-likeness (QED) is 0.911. The SMILES string of the molecule is Cn1ccnc1-c1cccc(NC(=O)N2CC[C@@H]3CCCC[C@H]32)c1. The Kier molecular flexibility index (Phi) is 4.00. The smallest absolute Gasteiger partial charge is 0.322 e. The number of rotatable bonds is 2. The van der Waals surface area contributed by atoms with Crippen LogP contribution in [0, 0.1) is 5.92 Å². The van der Waals surface area contributed by atoms with Gasteiger partial charge in [-0.05, 0) is 37.3 Å². The van der Waals surface area contributed by atoms with Gasteiger partial charge in [0.1, 0.15) is 5.82 Å². The van der Waals surface area contributed by atoms with Gasteiger partial charge >= 0.3 is 6.03 Å². The Morgan fingerprint density at radius 2 is 2.12 bits per heavy atom. The molecule has 2 aromatic rings. The molecule has 0 spiro atoms. The van der Waals surface area contributed by atoms with Crippen LogP contribution in [0.5, 0.6) is 0 Å². The molecule has 126 valence electrons. The number of anilines is 1. The van der Waals surface area contributed by atoms with Crippen molar-refractivity contribution in [3.63, 3.8) is 0 Å². The molecule has 1 saturated carbocycles. The van der Waals surface area contributed by atoms with Crippen molar-refractivity contribution in [2.24, 2.45) is 13.0 Å². The first-order chi connectivity index (χ1) is 11.7. The van der Waals surface area contributed by atoms with Gasteiger partial charge in [0.2, 0.25) is 0 Å². The van der Waals surface area contributed by atoms with Crippen LogP contribution in [0.2, 0.25) is 0 Å². The number of urea groups is 1. The van der Waals surface area contributed by atoms with Crippen molar-refractivity contribution in [3.8, 4) is 11.4 Å². The first-order valence-electron chi connectivity index (χ1n) is 8.88. The van der Waals surface area contributed by atoms with Gasteiger partial charge in [-0.3, -0.25) is 0 Å². The van der Waals surface area contributed by atoms with Crippen molar-refractivity contribution in [1.29, 1.82) is 0 Å². The number of fused-ring (bicyclic) bond motifs is 1. The molecule has 2 heterocycles. The number of carbonyl (C=O) groups is 1. The number of hydrogen-bond donors (Lipinski definition) is 1. The molecule has 1 aromatic heterocycles. The molecule has 5 nitrogen and oxygen atoms in total. The highest BCUT2D eigenvalue weighted by atomic mass is 16.2. The minimum atomic E-state index is 0.0430. The van der Waals surface area contributed by atoms with Gasteiger partial charge < -0.3 is 14.8 Å². The van der Waals surface area contributed by atoms with Crippen LogP contribution in [0.4, 0.5) is 10.5 Å². The van der Waals surface area contributed by atoms with Gasteiger partial charge in [-0.15, -0.1) is 0 Å². The van der Waals surface area contributed by atoms with Crippen LogP contribution in [0.3, 0.4) is 0 Å². The Hall–Kier alpha value is -2.30. The van der Waals surface area contributed by atoms with Crippen molar-refractivity contribution in [3.05, 3.63) is 36.7 Å². The molecule has 1 aliphatic carbocycles. The number of amides is 2. The van der Waals surface area contributed by atoms with E-state index in [0.717, 1.165) is 36.5 Å². The van der Waals surface area contributed by atoms with E-state index in [-0.39, 0.29) is 6.03 Å². The molecule has 0 unspecified atom stereocenters. The van der Waals surface area contributed by atoms with E-state index in [4.69, 9.17) is 0 Å². The number of nitrogens with one attached hydrogen (secondary N) is 1. The molecule has 2 aliphatic rings. The maximum absolute atomic E-state index is 12.7. The second-order valence-electron chi connectivity index (χ2n) is 6.97. The fraction of sp³-hybridized carbons (Fsp3) is 0.474. The number of imidazole rings is 1. The Morgan fingerprint density at radius 3 is 2.96 bits per heavy atom. The van der Waals surface area contributed by atoms with E-state index in [1.807, 2.05) is 42.1 Å². The summed E-state index contributed by atoms with van der Waals surface area (Å²) in [6.45, 7) is 0.889. The first-order valence-corrected chi connectivity index (χ1v) is 8.88. The Balaban J connectivity index is 1.49. The zero-order chi connectivity index (χ0) is 16.5. The van der Waals surface area contributed by atoms with Gasteiger partial charge in [0.05, 0.1) is 0 Å². The monoisotopic (exact) mass is 324 g/mol. The molecule has 1 saturated heterocycles. The van der Waals surface area contributed by atoms with Crippen LogP contribution < -0.4 is 5.32 Å². The van der Waals surface area contributed by atoms with Gasteiger partial charge in [0.25, 0.3) is 0 Å². The molecule has 24 heavy (non-hydrogen) atoms. The lowest BCUT2D eigenvalue weighted by molar-refractivity contribution is 0.182. The average Bonchev–Trinajstić information content (AvgIpc) is 3.21. The van der Waals surface area contributed by atoms with Crippen LogP contribution in [0.15, 0.2) is 36.7 Å². The Morgan fingerprint density at radius 1 is 1.25 bits per heavy atom. The normalized spacial score (nSPS) is 23.1. The van der Waals surface area contributed by atoms with Gasteiger partial charge in [0, 0.05) is 43.3 Å². The summed E-state index contributed by atoms with van der Waals surface area (Å²) in [5.74, 6) is 1.61. The van der Waals surface area contributed by atoms with Gasteiger partial charge in [-0.2, -0.15) is 0 Å². The third-order valence-corrected chi connectivity index (χ3v) is 5.46. The Bertz CT molecular complexity index is 738. The molecule has 5 heteroatoms. The van der Waals surface area contributed by atoms with E-state index in [1.165, 1.54) is 19.3 Å². The lowest BCUT2D eigenvalue weighted by Crippen LogP contribution is -2.41. The largest absolute Gasteiger partial charge is 0.334 e. The van der Waals surface area contributed by atoms with Gasteiger partial charge in [0.15, 0.2) is 0 Å². The zero-order valence-electron chi connectivity index (χ0n) is 14.1. The molecule has 1 N–H and O–H groups in total. The number of nitrogens with zero attached hydrogens (tertiary/aromatic N) is 3. The molecule has 4 rings (SSSR count). The third kappa shape index (κ3) is 2.79. The van der Waals surface area contributed by atoms with E-state index >= 15 is 0 Å². The standard InChI is InChI=1S/C19H24N4O/c1-22-12-10-20-18(22)15-6-4-7-16(13-15)21-19(24)23-11-9-14-5-2-3-8-17(14)23/h4,6-7,10,12-14,17H,2-3,5,8-9,11H2,1H3,(H,21,24)/t14-,17+/m0/s1. The Labute approximate surface area is 142 Å². The second-order valence-corrected chi connectivity index (χ2v) is 6.97. The lowest BCUT2D eigenvalue weighted by atomic mass is 9.85. The van der Waals surface area contributed by atoms with Gasteiger partial charge in [-0.25, -0.2) is 9.78 Å². The molecule has 2 fully saturated rings. The topological polar surface area (TPSA) is 50.2 Å². The fourth-order valence-electron chi connectivity index (χ4n) is 4.23. The predicted octanol–water partition coefficient (Wildman–Crippen LogP) is 3.88. The number of aryl methyl sites for hydroxylation is 1. The molecule has 1 aromatic carbocycles. The number of aromatic nitrogens is 2. The van der Waals surface area contributed by atoms with Crippen LogP contribution in [0.25, 0.3) is 11.4 Å². The van der Waals surface area contributed by atoms with Crippen LogP contribution in [-0.2, 0) is 7.05 Å². The maximum atomic E-state index is 12.7. The molecular weight excluding hydrogens is 300 g/mol. The zero-order valence-corrected chi connectivity index (χ0v) is 14.1. The van der Waals surface area contributed by atoms with Crippen molar-refractivity contribution < 1.29 is 4.79 Å². The van der Waals surface area contributed by atoms with Crippen LogP contribution in [-0.4, -0.2) is 33.1 Å². The molecule has 0 bridgehead atoms. The second kappa shape index (κ2) is 6.30. The fourth-order valence-corrected chi connectivity index (χ4v) is 4.23. The van der Waals surface area contributed by atoms with Crippen molar-refractivity contribution in [2.45, 2.75) is 38.1 Å². The average molecular weight is 324 g/mol. The summed E-state index contributed by atoms with van der Waals surface area (Å²) in [4.78, 5) is 19.2. The third-order valence-electron chi connectivity index (χ3n) is 5.46. The first kappa shape index (κ1) is 15.2. The summed E-state index contributed by atoms with van der Waals surface area (Å²) in [5, 5.41) is 3.09. The van der Waals surface area contributed by atoms with E-state index < -0.39 is 0 Å². The highest BCUT2D eigenvalue weighted by molar-refractivity contribution is 5.90. The minimum Gasteiger partial charge on any atom is -0.334 e. The molecule has 2 amide bonds. The van der Waals surface area contributed by atoms with E-state index in [1.54, 1.807) is 6.20 Å². The molecule has 2 atom stereocenters. The van der Waals surface area contributed by atoms with Crippen LogP contribution in [0.1, 0.15) is 32.1 Å². The van der Waals surface area contributed by atoms with Gasteiger partial charge in [-0.1, -0.05) is 25.0 Å². The summed E-state index contributed by atoms with van der Waals surface area (Å²) in [6, 6.07) is 8.41. The summed E-state index contributed by atoms with van der Waals surface area (Å²) in [7, 11) is 1.97. The molecular formula is C19H24N4O. The predicted molar refractivity (Wildman–Crippen MR) is 94.7 cm³/mol. The highest BCUT2D eigenvalue weighted by Crippen LogP contribution is 2.36. The number of likely N-dealkylation sites (tertiary alicyclic amines) is 1. The summed E-state index contributed by atoms with van der Waals surface area (Å²) >= 11 is 0. The van der Waals surface area contributed by atoms with Crippen molar-refractivity contribution in [1.82, 2.24) is 14.5 Å². The number of carbonyl (C=O) groups excluding carboxylic acids is 1. The summed E-state index contributed by atoms with van der Waals surface area (Å²) < 4.78 is 1.98. The minimum absolute atomic E-state index is 0.0430. The van der Waals surface area contributed by atoms with Crippen LogP contribution >= 0.6 is 0 Å². The molecule has 1 aliphatic heterocycles. The summed E-state index contributed by atoms with van der Waals surface area (Å²) in [5.41, 5.74) is 1.84. The lowest BCUT2D eigenvalue weighted by Gasteiger charge is -2.31. The number of benzene rings is 1. The van der Waals surface area contributed by atoms with Crippen molar-refractivity contribution >= 4 is 11.7 Å². The highest BCUT2D eigenvalue weighted by Gasteiger charge is 2.38. The summed E-state index contributed by atoms with van der Waals surface area (Å²) in [6.07, 6.45) is 9.88. The molecule has 0 radical (unpaired) electrons. The van der Waals surface area contributed by atoms with E-state index in [9.17, 15) is 4.79 Å². The maximum Gasteiger partial charge on any atom is 0.322 e. The van der Waals surface area contributed by atoms with E-state index in [0.29, 0.717) is 12.0 Å². The van der Waals surface area contributed by atoms with Crippen molar-refractivity contribution in [2.75, 3.05) is 11.9 Å². The van der Waals surface area contributed by atoms with E-state index in [2.05, 4.69) is 15.2 Å².